The van der Waals surface area contributed by atoms with Crippen LogP contribution in [0, 0.1) is 13.8 Å². The molecular weight excluding hydrogens is 623 g/mol. The zero-order valence-corrected chi connectivity index (χ0v) is 25.2. The molecule has 5 N–H and O–H groups in total. The number of phenolic OH excluding ortho intramolecular Hbond substituents is 1. The molecule has 0 bridgehead atoms. The molecule has 14 nitrogen and oxygen atoms in total. The van der Waals surface area contributed by atoms with Gasteiger partial charge in [-0.2, -0.15) is 32.2 Å². The summed E-state index contributed by atoms with van der Waals surface area (Å²) < 4.78 is 90.6. The molecule has 0 radical (unpaired) electrons. The zero-order valence-electron chi connectivity index (χ0n) is 22.8. The fraction of sp³-hybridized carbons (Fsp3) is 0.154. The fourth-order valence-electron chi connectivity index (χ4n) is 4.04. The van der Waals surface area contributed by atoms with Crippen molar-refractivity contribution in [2.45, 2.75) is 35.5 Å². The summed E-state index contributed by atoms with van der Waals surface area (Å²) in [5.74, 6) is -0.828. The van der Waals surface area contributed by atoms with Crippen LogP contribution in [0.25, 0.3) is 10.8 Å². The first-order valence-corrected chi connectivity index (χ1v) is 16.8. The number of nitrogens with zero attached hydrogens (tertiary/aromatic N) is 4. The average molecular weight is 648 g/mol. The number of aromatic hydroxyl groups is 1. The molecule has 4 rings (SSSR count). The maximum atomic E-state index is 12.2. The summed E-state index contributed by atoms with van der Waals surface area (Å²) in [6, 6.07) is 11.7. The first kappa shape index (κ1) is 31.6. The number of nitrogen functional groups attached to an aromatic ring is 1. The quantitative estimate of drug-likeness (QED) is 0.101. The normalized spacial score (nSPS) is 13.0. The van der Waals surface area contributed by atoms with Crippen LogP contribution < -0.4 is 5.73 Å². The lowest BCUT2D eigenvalue weighted by Crippen LogP contribution is -2.02. The standard InChI is InChI=1S/C26H25N5O9S3/c1-4-41(33,34)18-7-5-17(6-8-18)28-29-21-9-15(3)22(10-14(21)2)30-31-25-23(43(38,39)40)12-16-11-19(42(35,36)37)13-20(27)24(16)26(25)32/h5-13,32H,4,27H2,1-3H3,(H,35,36,37)(H,38,39,40). The van der Waals surface area contributed by atoms with Crippen molar-refractivity contribution in [3.63, 3.8) is 0 Å². The van der Waals surface area contributed by atoms with E-state index < -0.39 is 51.3 Å². The van der Waals surface area contributed by atoms with E-state index in [1.165, 1.54) is 24.3 Å². The number of nitrogens with two attached hydrogens (primary N) is 1. The number of rotatable bonds is 8. The Morgan fingerprint density at radius 3 is 1.79 bits per heavy atom. The van der Waals surface area contributed by atoms with E-state index in [0.717, 1.165) is 18.2 Å². The Labute approximate surface area is 247 Å². The lowest BCUT2D eigenvalue weighted by atomic mass is 10.1. The largest absolute Gasteiger partial charge is 0.505 e. The Bertz CT molecular complexity index is 2160. The molecular formula is C26H25N5O9S3. The van der Waals surface area contributed by atoms with E-state index in [9.17, 15) is 39.5 Å². The molecule has 0 aromatic heterocycles. The molecule has 4 aromatic rings. The van der Waals surface area contributed by atoms with Crippen LogP contribution in [0.1, 0.15) is 18.1 Å². The Morgan fingerprint density at radius 2 is 1.28 bits per heavy atom. The predicted molar refractivity (Wildman–Crippen MR) is 158 cm³/mol. The molecule has 0 aliphatic rings. The molecule has 0 heterocycles. The summed E-state index contributed by atoms with van der Waals surface area (Å²) in [4.78, 5) is -1.36. The molecule has 0 saturated heterocycles. The third-order valence-corrected chi connectivity index (χ3v) is 9.80. The number of azo groups is 2. The van der Waals surface area contributed by atoms with Crippen molar-refractivity contribution in [3.8, 4) is 5.75 Å². The van der Waals surface area contributed by atoms with E-state index in [1.54, 1.807) is 32.9 Å². The van der Waals surface area contributed by atoms with Crippen LogP contribution in [0.4, 0.5) is 28.4 Å². The lowest BCUT2D eigenvalue weighted by Gasteiger charge is -2.12. The number of hydrogen-bond acceptors (Lipinski definition) is 12. The SMILES string of the molecule is CCS(=O)(=O)c1ccc(N=Nc2cc(C)c(N=Nc3c(S(=O)(=O)O)cc4cc(S(=O)(=O)O)cc(N)c4c3O)cc2C)cc1. The molecule has 0 fully saturated rings. The minimum absolute atomic E-state index is 0.0282. The van der Waals surface area contributed by atoms with E-state index >= 15 is 0 Å². The van der Waals surface area contributed by atoms with Gasteiger partial charge in [0.2, 0.25) is 0 Å². The van der Waals surface area contributed by atoms with Gasteiger partial charge in [0.1, 0.15) is 10.6 Å². The number of benzene rings is 4. The third kappa shape index (κ3) is 6.70. The Kier molecular flexibility index (Phi) is 8.40. The van der Waals surface area contributed by atoms with Gasteiger partial charge in [-0.3, -0.25) is 9.11 Å². The van der Waals surface area contributed by atoms with Gasteiger partial charge in [0, 0.05) is 11.1 Å². The first-order chi connectivity index (χ1) is 19.9. The molecule has 43 heavy (non-hydrogen) atoms. The number of phenols is 1. The molecule has 17 heteroatoms. The highest BCUT2D eigenvalue weighted by Gasteiger charge is 2.25. The van der Waals surface area contributed by atoms with Crippen LogP contribution in [0.15, 0.2) is 89.7 Å². The molecule has 0 atom stereocenters. The number of fused-ring (bicyclic) bond motifs is 1. The van der Waals surface area contributed by atoms with E-state index in [4.69, 9.17) is 5.73 Å². The topological polar surface area (TPSA) is 239 Å². The fourth-order valence-corrected chi connectivity index (χ4v) is 6.13. The Morgan fingerprint density at radius 1 is 0.721 bits per heavy atom. The van der Waals surface area contributed by atoms with Gasteiger partial charge in [0.05, 0.1) is 32.6 Å². The van der Waals surface area contributed by atoms with Gasteiger partial charge in [0.15, 0.2) is 15.6 Å². The highest BCUT2D eigenvalue weighted by Crippen LogP contribution is 2.44. The van der Waals surface area contributed by atoms with Crippen molar-refractivity contribution >= 4 is 69.3 Å². The molecule has 0 spiro atoms. The molecule has 4 aromatic carbocycles. The molecule has 0 unspecified atom stereocenters. The van der Waals surface area contributed by atoms with Crippen molar-refractivity contribution < 1.29 is 39.5 Å². The van der Waals surface area contributed by atoms with Crippen molar-refractivity contribution in [1.29, 1.82) is 0 Å². The zero-order chi connectivity index (χ0) is 31.9. The maximum absolute atomic E-state index is 12.2. The van der Waals surface area contributed by atoms with Gasteiger partial charge in [0.25, 0.3) is 20.2 Å². The van der Waals surface area contributed by atoms with E-state index in [1.807, 2.05) is 0 Å². The first-order valence-electron chi connectivity index (χ1n) is 12.2. The summed E-state index contributed by atoms with van der Waals surface area (Å²) in [5.41, 5.74) is 7.16. The van der Waals surface area contributed by atoms with E-state index in [0.29, 0.717) is 22.5 Å². The minimum Gasteiger partial charge on any atom is -0.505 e. The summed E-state index contributed by atoms with van der Waals surface area (Å²) in [5, 5.41) is 26.8. The molecule has 0 saturated carbocycles. The van der Waals surface area contributed by atoms with E-state index in [2.05, 4.69) is 20.5 Å². The van der Waals surface area contributed by atoms with Gasteiger partial charge < -0.3 is 10.8 Å². The minimum atomic E-state index is -5.01. The van der Waals surface area contributed by atoms with Crippen LogP contribution >= 0.6 is 0 Å². The highest BCUT2D eigenvalue weighted by atomic mass is 32.2. The molecule has 0 amide bonds. The second-order valence-corrected chi connectivity index (χ2v) is 14.4. The smallest absolute Gasteiger partial charge is 0.296 e. The monoisotopic (exact) mass is 647 g/mol. The van der Waals surface area contributed by atoms with Gasteiger partial charge in [-0.1, -0.05) is 6.92 Å². The van der Waals surface area contributed by atoms with Gasteiger partial charge >= 0.3 is 0 Å². The van der Waals surface area contributed by atoms with Crippen LogP contribution in [0.2, 0.25) is 0 Å². The second kappa shape index (κ2) is 11.4. The lowest BCUT2D eigenvalue weighted by molar-refractivity contribution is 0.472. The second-order valence-electron chi connectivity index (χ2n) is 9.36. The van der Waals surface area contributed by atoms with Crippen molar-refractivity contribution in [1.82, 2.24) is 0 Å². The van der Waals surface area contributed by atoms with Gasteiger partial charge in [-0.05, 0) is 85.0 Å². The van der Waals surface area contributed by atoms with Crippen molar-refractivity contribution in [3.05, 3.63) is 65.7 Å². The van der Waals surface area contributed by atoms with Crippen molar-refractivity contribution in [2.75, 3.05) is 11.5 Å². The van der Waals surface area contributed by atoms with Crippen LogP contribution in [0.5, 0.6) is 5.75 Å². The van der Waals surface area contributed by atoms with Crippen LogP contribution in [-0.4, -0.2) is 45.2 Å². The predicted octanol–water partition coefficient (Wildman–Crippen LogP) is 5.86. The average Bonchev–Trinajstić information content (AvgIpc) is 2.92. The van der Waals surface area contributed by atoms with Crippen molar-refractivity contribution in [2.24, 2.45) is 20.5 Å². The number of sulfone groups is 1. The highest BCUT2D eigenvalue weighted by molar-refractivity contribution is 7.91. The number of anilines is 1. The van der Waals surface area contributed by atoms with E-state index in [-0.39, 0.29) is 32.8 Å². The summed E-state index contributed by atoms with van der Waals surface area (Å²) in [7, 11) is -13.1. The summed E-state index contributed by atoms with van der Waals surface area (Å²) in [6.45, 7) is 4.92. The van der Waals surface area contributed by atoms with Gasteiger partial charge in [-0.15, -0.1) is 5.11 Å². The molecule has 226 valence electrons. The molecule has 0 aliphatic heterocycles. The number of hydrogen-bond donors (Lipinski definition) is 4. The maximum Gasteiger partial charge on any atom is 0.296 e. The Hall–Kier alpha value is -4.29. The summed E-state index contributed by atoms with van der Waals surface area (Å²) >= 11 is 0. The summed E-state index contributed by atoms with van der Waals surface area (Å²) in [6.07, 6.45) is 0. The van der Waals surface area contributed by atoms with Crippen LogP contribution in [-0.2, 0) is 30.1 Å². The third-order valence-electron chi connectivity index (χ3n) is 6.35. The number of aryl methyl sites for hydroxylation is 2. The molecule has 0 aliphatic carbocycles. The van der Waals surface area contributed by atoms with Gasteiger partial charge in [-0.25, -0.2) is 8.42 Å². The Balaban J connectivity index is 1.73. The van der Waals surface area contributed by atoms with Crippen LogP contribution in [0.3, 0.4) is 0 Å².